The predicted molar refractivity (Wildman–Crippen MR) is 45.9 cm³/mol. The minimum atomic E-state index is 0.903. The van der Waals surface area contributed by atoms with Gasteiger partial charge in [-0.05, 0) is 30.1 Å². The van der Waals surface area contributed by atoms with Gasteiger partial charge in [-0.2, -0.15) is 0 Å². The molecule has 1 saturated carbocycles. The second-order valence-corrected chi connectivity index (χ2v) is 4.19. The normalized spacial score (nSPS) is 34.5. The molecule has 0 aliphatic heterocycles. The first kappa shape index (κ1) is 8.10. The molecule has 0 heteroatoms. The quantitative estimate of drug-likeness (QED) is 0.564. The molecule has 0 amide bonds. The molecule has 0 saturated heterocycles. The van der Waals surface area contributed by atoms with Crippen LogP contribution in [-0.4, -0.2) is 0 Å². The summed E-state index contributed by atoms with van der Waals surface area (Å²) < 4.78 is 0. The van der Waals surface area contributed by atoms with E-state index in [0.29, 0.717) is 0 Å². The maximum absolute atomic E-state index is 2.38. The van der Waals surface area contributed by atoms with Crippen LogP contribution in [0.25, 0.3) is 0 Å². The Balaban J connectivity index is 2.34. The molecule has 0 radical (unpaired) electrons. The fourth-order valence-corrected chi connectivity index (χ4v) is 2.22. The molecule has 1 fully saturated rings. The fourth-order valence-electron chi connectivity index (χ4n) is 2.22. The van der Waals surface area contributed by atoms with E-state index in [0.717, 1.165) is 23.7 Å². The Morgan fingerprint density at radius 3 is 2.00 bits per heavy atom. The van der Waals surface area contributed by atoms with Gasteiger partial charge in [0, 0.05) is 0 Å². The first-order chi connectivity index (χ1) is 4.66. The molecular formula is C10H20. The van der Waals surface area contributed by atoms with E-state index in [1.54, 1.807) is 0 Å². The minimum Gasteiger partial charge on any atom is -0.0651 e. The lowest BCUT2D eigenvalue weighted by molar-refractivity contribution is 0.317. The van der Waals surface area contributed by atoms with Gasteiger partial charge in [0.15, 0.2) is 0 Å². The Morgan fingerprint density at radius 1 is 1.40 bits per heavy atom. The standard InChI is InChI=1S/C10H20/c1-5-9(7(2)3)10-6-8(10)4/h7-10H,5-6H2,1-4H3. The molecule has 1 aliphatic rings. The van der Waals surface area contributed by atoms with Crippen molar-refractivity contribution in [2.75, 3.05) is 0 Å². The molecule has 0 N–H and O–H groups in total. The molecule has 1 rings (SSSR count). The molecule has 0 aromatic heterocycles. The lowest BCUT2D eigenvalue weighted by atomic mass is 9.88. The Morgan fingerprint density at radius 2 is 1.90 bits per heavy atom. The zero-order valence-electron chi connectivity index (χ0n) is 7.72. The summed E-state index contributed by atoms with van der Waals surface area (Å²) in [6, 6.07) is 0. The molecule has 0 aromatic rings. The van der Waals surface area contributed by atoms with Crippen LogP contribution in [-0.2, 0) is 0 Å². The highest BCUT2D eigenvalue weighted by molar-refractivity contribution is 4.88. The summed E-state index contributed by atoms with van der Waals surface area (Å²) in [6.45, 7) is 9.43. The van der Waals surface area contributed by atoms with Gasteiger partial charge in [0.2, 0.25) is 0 Å². The van der Waals surface area contributed by atoms with Crippen molar-refractivity contribution < 1.29 is 0 Å². The largest absolute Gasteiger partial charge is 0.0651 e. The van der Waals surface area contributed by atoms with Gasteiger partial charge in [0.25, 0.3) is 0 Å². The molecule has 60 valence electrons. The topological polar surface area (TPSA) is 0 Å². The maximum atomic E-state index is 2.38. The highest BCUT2D eigenvalue weighted by Gasteiger charge is 2.39. The van der Waals surface area contributed by atoms with Crippen molar-refractivity contribution in [1.29, 1.82) is 0 Å². The summed E-state index contributed by atoms with van der Waals surface area (Å²) in [5, 5.41) is 0. The SMILES string of the molecule is CCC(C(C)C)C1CC1C. The number of hydrogen-bond donors (Lipinski definition) is 0. The van der Waals surface area contributed by atoms with E-state index in [2.05, 4.69) is 27.7 Å². The van der Waals surface area contributed by atoms with Crippen molar-refractivity contribution in [3.8, 4) is 0 Å². The van der Waals surface area contributed by atoms with Crippen LogP contribution in [0.3, 0.4) is 0 Å². The summed E-state index contributed by atoms with van der Waals surface area (Å²) >= 11 is 0. The molecule has 0 nitrogen and oxygen atoms in total. The summed E-state index contributed by atoms with van der Waals surface area (Å²) in [5.74, 6) is 4.02. The van der Waals surface area contributed by atoms with Crippen LogP contribution in [0.15, 0.2) is 0 Å². The van der Waals surface area contributed by atoms with Crippen molar-refractivity contribution in [3.05, 3.63) is 0 Å². The lowest BCUT2D eigenvalue weighted by Crippen LogP contribution is -2.10. The molecule has 3 atom stereocenters. The third kappa shape index (κ3) is 1.53. The van der Waals surface area contributed by atoms with Gasteiger partial charge in [-0.15, -0.1) is 0 Å². The third-order valence-electron chi connectivity index (χ3n) is 3.05. The smallest absolute Gasteiger partial charge is 0.0355 e. The number of hydrogen-bond acceptors (Lipinski definition) is 0. The Bertz CT molecular complexity index is 105. The Labute approximate surface area is 65.0 Å². The first-order valence-corrected chi connectivity index (χ1v) is 4.66. The molecule has 3 unspecified atom stereocenters. The predicted octanol–water partition coefficient (Wildman–Crippen LogP) is 3.32. The second kappa shape index (κ2) is 2.94. The fraction of sp³-hybridized carbons (Fsp3) is 1.00. The lowest BCUT2D eigenvalue weighted by Gasteiger charge is -2.18. The minimum absolute atomic E-state index is 0.903. The van der Waals surface area contributed by atoms with Crippen LogP contribution in [0.4, 0.5) is 0 Å². The average molecular weight is 140 g/mol. The van der Waals surface area contributed by atoms with Crippen molar-refractivity contribution in [2.45, 2.75) is 40.5 Å². The van der Waals surface area contributed by atoms with E-state index in [9.17, 15) is 0 Å². The molecule has 1 aliphatic carbocycles. The number of rotatable bonds is 3. The summed E-state index contributed by atoms with van der Waals surface area (Å²) in [4.78, 5) is 0. The van der Waals surface area contributed by atoms with Crippen LogP contribution in [0.5, 0.6) is 0 Å². The van der Waals surface area contributed by atoms with Gasteiger partial charge in [0.1, 0.15) is 0 Å². The molecular weight excluding hydrogens is 120 g/mol. The zero-order chi connectivity index (χ0) is 7.72. The van der Waals surface area contributed by atoms with Crippen LogP contribution >= 0.6 is 0 Å². The van der Waals surface area contributed by atoms with Gasteiger partial charge in [-0.3, -0.25) is 0 Å². The van der Waals surface area contributed by atoms with Crippen molar-refractivity contribution in [3.63, 3.8) is 0 Å². The van der Waals surface area contributed by atoms with Crippen LogP contribution < -0.4 is 0 Å². The van der Waals surface area contributed by atoms with Gasteiger partial charge in [0.05, 0.1) is 0 Å². The van der Waals surface area contributed by atoms with E-state index in [4.69, 9.17) is 0 Å². The van der Waals surface area contributed by atoms with E-state index in [-0.39, 0.29) is 0 Å². The molecule has 0 aromatic carbocycles. The van der Waals surface area contributed by atoms with Crippen LogP contribution in [0.2, 0.25) is 0 Å². The van der Waals surface area contributed by atoms with Crippen molar-refractivity contribution in [2.24, 2.45) is 23.7 Å². The highest BCUT2D eigenvalue weighted by Crippen LogP contribution is 2.47. The molecule has 0 bridgehead atoms. The highest BCUT2D eigenvalue weighted by atomic mass is 14.4. The first-order valence-electron chi connectivity index (χ1n) is 4.66. The monoisotopic (exact) mass is 140 g/mol. The average Bonchev–Trinajstić information content (AvgIpc) is 2.48. The molecule has 10 heavy (non-hydrogen) atoms. The van der Waals surface area contributed by atoms with E-state index in [1.165, 1.54) is 12.8 Å². The Hall–Kier alpha value is 0. The van der Waals surface area contributed by atoms with Crippen LogP contribution in [0, 0.1) is 23.7 Å². The van der Waals surface area contributed by atoms with Gasteiger partial charge in [-0.25, -0.2) is 0 Å². The summed E-state index contributed by atoms with van der Waals surface area (Å²) in [6.07, 6.45) is 2.88. The third-order valence-corrected chi connectivity index (χ3v) is 3.05. The van der Waals surface area contributed by atoms with E-state index < -0.39 is 0 Å². The summed E-state index contributed by atoms with van der Waals surface area (Å²) in [5.41, 5.74) is 0. The molecule has 0 spiro atoms. The van der Waals surface area contributed by atoms with Crippen LogP contribution in [0.1, 0.15) is 40.5 Å². The van der Waals surface area contributed by atoms with Crippen molar-refractivity contribution in [1.82, 2.24) is 0 Å². The molecule has 0 heterocycles. The van der Waals surface area contributed by atoms with Gasteiger partial charge < -0.3 is 0 Å². The van der Waals surface area contributed by atoms with Crippen molar-refractivity contribution >= 4 is 0 Å². The van der Waals surface area contributed by atoms with E-state index >= 15 is 0 Å². The maximum Gasteiger partial charge on any atom is -0.0355 e. The van der Waals surface area contributed by atoms with E-state index in [1.807, 2.05) is 0 Å². The van der Waals surface area contributed by atoms with Gasteiger partial charge >= 0.3 is 0 Å². The zero-order valence-corrected chi connectivity index (χ0v) is 7.72. The van der Waals surface area contributed by atoms with Gasteiger partial charge in [-0.1, -0.05) is 34.1 Å². The Kier molecular flexibility index (Phi) is 2.38. The second-order valence-electron chi connectivity index (χ2n) is 4.19. The summed E-state index contributed by atoms with van der Waals surface area (Å²) in [7, 11) is 0.